The van der Waals surface area contributed by atoms with Gasteiger partial charge in [0.05, 0.1) is 5.75 Å². The van der Waals surface area contributed by atoms with Crippen molar-refractivity contribution in [3.05, 3.63) is 65.5 Å². The smallest absolute Gasteiger partial charge is 0.215 e. The molecule has 1 N–H and O–H groups in total. The largest absolute Gasteiger partial charge is 0.371 e. The minimum Gasteiger partial charge on any atom is -0.371 e. The number of fused-ring (bicyclic) bond motifs is 1. The molecule has 3 rings (SSSR count). The van der Waals surface area contributed by atoms with Gasteiger partial charge in [0, 0.05) is 25.3 Å². The Hall–Kier alpha value is -1.92. The SMILES string of the molecule is O=S(=O)(Cc1ccc(F)cc1)NCCCN1CCc2ccccc21. The Kier molecular flexibility index (Phi) is 5.16. The van der Waals surface area contributed by atoms with Gasteiger partial charge in [0.1, 0.15) is 5.82 Å². The lowest BCUT2D eigenvalue weighted by Gasteiger charge is -2.19. The van der Waals surface area contributed by atoms with E-state index in [-0.39, 0.29) is 11.6 Å². The Balaban J connectivity index is 1.45. The van der Waals surface area contributed by atoms with Crippen LogP contribution in [0.3, 0.4) is 0 Å². The molecular weight excluding hydrogens is 327 g/mol. The molecule has 4 nitrogen and oxygen atoms in total. The molecule has 0 saturated heterocycles. The van der Waals surface area contributed by atoms with E-state index >= 15 is 0 Å². The number of hydrogen-bond donors (Lipinski definition) is 1. The van der Waals surface area contributed by atoms with Gasteiger partial charge in [-0.3, -0.25) is 0 Å². The number of halogens is 1. The van der Waals surface area contributed by atoms with Crippen molar-refractivity contribution >= 4 is 15.7 Å². The van der Waals surface area contributed by atoms with Gasteiger partial charge in [-0.1, -0.05) is 30.3 Å². The van der Waals surface area contributed by atoms with E-state index in [1.807, 2.05) is 12.1 Å². The van der Waals surface area contributed by atoms with Crippen LogP contribution in [0, 0.1) is 5.82 Å². The van der Waals surface area contributed by atoms with E-state index in [0.717, 1.165) is 25.9 Å². The first-order chi connectivity index (χ1) is 11.5. The molecule has 24 heavy (non-hydrogen) atoms. The van der Waals surface area contributed by atoms with Gasteiger partial charge in [0.2, 0.25) is 10.0 Å². The van der Waals surface area contributed by atoms with Gasteiger partial charge in [-0.25, -0.2) is 17.5 Å². The molecule has 1 heterocycles. The second-order valence-electron chi connectivity index (χ2n) is 6.00. The third-order valence-corrected chi connectivity index (χ3v) is 5.54. The van der Waals surface area contributed by atoms with Crippen LogP contribution in [0.4, 0.5) is 10.1 Å². The van der Waals surface area contributed by atoms with Crippen LogP contribution in [0.25, 0.3) is 0 Å². The van der Waals surface area contributed by atoms with E-state index in [1.54, 1.807) is 0 Å². The molecule has 0 bridgehead atoms. The monoisotopic (exact) mass is 348 g/mol. The molecule has 0 spiro atoms. The van der Waals surface area contributed by atoms with Crippen molar-refractivity contribution in [2.45, 2.75) is 18.6 Å². The number of rotatable bonds is 7. The van der Waals surface area contributed by atoms with Crippen LogP contribution in [0.2, 0.25) is 0 Å². The number of nitrogens with zero attached hydrogens (tertiary/aromatic N) is 1. The van der Waals surface area contributed by atoms with Gasteiger partial charge in [0.15, 0.2) is 0 Å². The van der Waals surface area contributed by atoms with Crippen molar-refractivity contribution < 1.29 is 12.8 Å². The Morgan fingerprint density at radius 3 is 2.62 bits per heavy atom. The van der Waals surface area contributed by atoms with E-state index in [2.05, 4.69) is 21.8 Å². The number of benzene rings is 2. The maximum atomic E-state index is 12.9. The van der Waals surface area contributed by atoms with Crippen molar-refractivity contribution in [1.29, 1.82) is 0 Å². The molecule has 1 aliphatic heterocycles. The molecule has 6 heteroatoms. The molecule has 0 amide bonds. The zero-order chi connectivity index (χ0) is 17.0. The van der Waals surface area contributed by atoms with Crippen molar-refractivity contribution in [2.24, 2.45) is 0 Å². The highest BCUT2D eigenvalue weighted by molar-refractivity contribution is 7.88. The van der Waals surface area contributed by atoms with E-state index in [1.165, 1.54) is 35.5 Å². The van der Waals surface area contributed by atoms with Crippen molar-refractivity contribution in [1.82, 2.24) is 4.72 Å². The van der Waals surface area contributed by atoms with E-state index < -0.39 is 10.0 Å². The maximum absolute atomic E-state index is 12.9. The van der Waals surface area contributed by atoms with Crippen LogP contribution in [0.5, 0.6) is 0 Å². The summed E-state index contributed by atoms with van der Waals surface area (Å²) in [6.07, 6.45) is 1.80. The Labute approximate surface area is 142 Å². The van der Waals surface area contributed by atoms with Crippen LogP contribution >= 0.6 is 0 Å². The second-order valence-corrected chi connectivity index (χ2v) is 7.81. The molecule has 0 atom stereocenters. The van der Waals surface area contributed by atoms with Gasteiger partial charge in [-0.2, -0.15) is 0 Å². The van der Waals surface area contributed by atoms with Gasteiger partial charge in [0.25, 0.3) is 0 Å². The minimum atomic E-state index is -3.39. The molecule has 0 radical (unpaired) electrons. The van der Waals surface area contributed by atoms with Crippen LogP contribution < -0.4 is 9.62 Å². The zero-order valence-electron chi connectivity index (χ0n) is 13.4. The van der Waals surface area contributed by atoms with E-state index in [4.69, 9.17) is 0 Å². The quantitative estimate of drug-likeness (QED) is 0.783. The second kappa shape index (κ2) is 7.32. The van der Waals surface area contributed by atoms with Crippen molar-refractivity contribution in [3.8, 4) is 0 Å². The molecule has 1 aliphatic rings. The molecule has 0 saturated carbocycles. The summed E-state index contributed by atoms with van der Waals surface area (Å²) < 4.78 is 39.6. The summed E-state index contributed by atoms with van der Waals surface area (Å²) in [7, 11) is -3.39. The molecule has 0 unspecified atom stereocenters. The molecule has 2 aromatic carbocycles. The molecule has 128 valence electrons. The van der Waals surface area contributed by atoms with E-state index in [0.29, 0.717) is 12.1 Å². The van der Waals surface area contributed by atoms with Gasteiger partial charge < -0.3 is 4.90 Å². The summed E-state index contributed by atoms with van der Waals surface area (Å²) in [5, 5.41) is 0. The highest BCUT2D eigenvalue weighted by Crippen LogP contribution is 2.27. The Bertz CT molecular complexity index is 791. The number of anilines is 1. The molecule has 0 aliphatic carbocycles. The van der Waals surface area contributed by atoms with Crippen molar-refractivity contribution in [2.75, 3.05) is 24.5 Å². The lowest BCUT2D eigenvalue weighted by atomic mass is 10.2. The fourth-order valence-electron chi connectivity index (χ4n) is 2.99. The fraction of sp³-hybridized carbons (Fsp3) is 0.333. The molecule has 0 fully saturated rings. The third kappa shape index (κ3) is 4.33. The standard InChI is InChI=1S/C18H21FN2O2S/c19-17-8-6-15(7-9-17)14-24(22,23)20-11-3-12-21-13-10-16-4-1-2-5-18(16)21/h1-2,4-9,20H,3,10-14H2. The summed E-state index contributed by atoms with van der Waals surface area (Å²) in [6, 6.07) is 13.9. The summed E-state index contributed by atoms with van der Waals surface area (Å²) in [6.45, 7) is 2.22. The van der Waals surface area contributed by atoms with Gasteiger partial charge in [-0.15, -0.1) is 0 Å². The molecular formula is C18H21FN2O2S. The Morgan fingerprint density at radius 2 is 1.83 bits per heavy atom. The number of nitrogens with one attached hydrogen (secondary N) is 1. The summed E-state index contributed by atoms with van der Waals surface area (Å²) >= 11 is 0. The predicted molar refractivity (Wildman–Crippen MR) is 94.0 cm³/mol. The third-order valence-electron chi connectivity index (χ3n) is 4.18. The summed E-state index contributed by atoms with van der Waals surface area (Å²) in [5.74, 6) is -0.491. The maximum Gasteiger partial charge on any atom is 0.215 e. The molecule has 0 aromatic heterocycles. The summed E-state index contributed by atoms with van der Waals surface area (Å²) in [5.41, 5.74) is 3.19. The zero-order valence-corrected chi connectivity index (χ0v) is 14.2. The lowest BCUT2D eigenvalue weighted by molar-refractivity contribution is 0.577. The first-order valence-electron chi connectivity index (χ1n) is 8.08. The van der Waals surface area contributed by atoms with Crippen LogP contribution in [-0.4, -0.2) is 28.1 Å². The normalized spacial score (nSPS) is 14.0. The van der Waals surface area contributed by atoms with Gasteiger partial charge >= 0.3 is 0 Å². The van der Waals surface area contributed by atoms with Gasteiger partial charge in [-0.05, 0) is 42.2 Å². The van der Waals surface area contributed by atoms with Crippen LogP contribution in [0.1, 0.15) is 17.5 Å². The first kappa shape index (κ1) is 16.9. The average Bonchev–Trinajstić information content (AvgIpc) is 2.97. The predicted octanol–water partition coefficient (Wildman–Crippen LogP) is 2.70. The number of sulfonamides is 1. The minimum absolute atomic E-state index is 0.125. The Morgan fingerprint density at radius 1 is 1.08 bits per heavy atom. The number of hydrogen-bond acceptors (Lipinski definition) is 3. The lowest BCUT2D eigenvalue weighted by Crippen LogP contribution is -2.30. The molecule has 2 aromatic rings. The highest BCUT2D eigenvalue weighted by Gasteiger charge is 2.18. The highest BCUT2D eigenvalue weighted by atomic mass is 32.2. The van der Waals surface area contributed by atoms with Crippen LogP contribution in [-0.2, 0) is 22.2 Å². The topological polar surface area (TPSA) is 49.4 Å². The fourth-order valence-corrected chi connectivity index (χ4v) is 4.18. The van der Waals surface area contributed by atoms with Crippen molar-refractivity contribution in [3.63, 3.8) is 0 Å². The van der Waals surface area contributed by atoms with Crippen LogP contribution in [0.15, 0.2) is 48.5 Å². The average molecular weight is 348 g/mol. The van der Waals surface area contributed by atoms with E-state index in [9.17, 15) is 12.8 Å². The summed E-state index contributed by atoms with van der Waals surface area (Å²) in [4.78, 5) is 2.30. The first-order valence-corrected chi connectivity index (χ1v) is 9.73. The number of para-hydroxylation sites is 1.